The molecule has 1 spiro atoms. The minimum atomic E-state index is -0.456. The summed E-state index contributed by atoms with van der Waals surface area (Å²) in [5.74, 6) is 0. The third-order valence-electron chi connectivity index (χ3n) is 11.2. The Hall–Kier alpha value is -5.94. The van der Waals surface area contributed by atoms with Gasteiger partial charge in [0.15, 0.2) is 0 Å². The third-order valence-corrected chi connectivity index (χ3v) is 13.6. The molecule has 10 aromatic rings. The summed E-state index contributed by atoms with van der Waals surface area (Å²) in [7, 11) is 0. The van der Waals surface area contributed by atoms with E-state index in [1.54, 1.807) is 0 Å². The summed E-state index contributed by atoms with van der Waals surface area (Å²) in [6.07, 6.45) is 3.95. The second-order valence-corrected chi connectivity index (χ2v) is 15.7. The maximum atomic E-state index is 4.87. The van der Waals surface area contributed by atoms with E-state index in [-0.39, 0.29) is 0 Å². The molecular weight excluding hydrogens is 657 g/mol. The zero-order chi connectivity index (χ0) is 33.3. The van der Waals surface area contributed by atoms with Crippen molar-refractivity contribution in [2.24, 2.45) is 0 Å². The standard InChI is InChI=1S/C47H26N2S2/c1-5-13-37-31(9-1)32-10-2-6-14-38(32)47(37)39-25-27(29-21-23-48-43-35-11-3-7-15-41(35)50-45(29)43)17-19-33(39)34-20-18-28(26-40(34)47)30-22-24-49-44-36-12-4-8-16-42(36)51-46(30)44/h1-26H. The van der Waals surface area contributed by atoms with Crippen LogP contribution < -0.4 is 0 Å². The number of thiophene rings is 2. The summed E-state index contributed by atoms with van der Waals surface area (Å²) in [4.78, 5) is 9.74. The van der Waals surface area contributed by atoms with Crippen LogP contribution in [0.1, 0.15) is 22.3 Å². The molecule has 2 nitrogen and oxygen atoms in total. The maximum Gasteiger partial charge on any atom is 0.0894 e. The molecule has 2 aliphatic carbocycles. The van der Waals surface area contributed by atoms with Crippen LogP contribution in [0.5, 0.6) is 0 Å². The molecule has 4 heteroatoms. The molecule has 236 valence electrons. The van der Waals surface area contributed by atoms with E-state index in [1.165, 1.54) is 96.3 Å². The molecular formula is C47H26N2S2. The summed E-state index contributed by atoms with van der Waals surface area (Å²) < 4.78 is 5.02. The van der Waals surface area contributed by atoms with E-state index in [0.717, 1.165) is 11.0 Å². The van der Waals surface area contributed by atoms with Gasteiger partial charge >= 0.3 is 0 Å². The Morgan fingerprint density at radius 3 is 1.31 bits per heavy atom. The smallest absolute Gasteiger partial charge is 0.0894 e. The first-order valence-corrected chi connectivity index (χ1v) is 18.9. The van der Waals surface area contributed by atoms with E-state index < -0.39 is 5.41 Å². The Bertz CT molecular complexity index is 2900. The van der Waals surface area contributed by atoms with Crippen molar-refractivity contribution in [2.75, 3.05) is 0 Å². The number of benzene rings is 6. The lowest BCUT2D eigenvalue weighted by atomic mass is 9.70. The minimum Gasteiger partial charge on any atom is -0.255 e. The van der Waals surface area contributed by atoms with E-state index >= 15 is 0 Å². The summed E-state index contributed by atoms with van der Waals surface area (Å²) in [5, 5.41) is 2.44. The fourth-order valence-corrected chi connectivity index (χ4v) is 11.5. The molecule has 4 aromatic heterocycles. The zero-order valence-electron chi connectivity index (χ0n) is 27.2. The Labute approximate surface area is 302 Å². The Balaban J connectivity index is 1.15. The van der Waals surface area contributed by atoms with E-state index in [1.807, 2.05) is 35.1 Å². The lowest BCUT2D eigenvalue weighted by Gasteiger charge is -2.31. The highest BCUT2D eigenvalue weighted by Crippen LogP contribution is 2.63. The van der Waals surface area contributed by atoms with Crippen molar-refractivity contribution in [1.29, 1.82) is 0 Å². The minimum absolute atomic E-state index is 0.456. The van der Waals surface area contributed by atoms with E-state index in [0.29, 0.717) is 0 Å². The molecule has 0 unspecified atom stereocenters. The van der Waals surface area contributed by atoms with Gasteiger partial charge in [-0.1, -0.05) is 109 Å². The van der Waals surface area contributed by atoms with E-state index in [2.05, 4.69) is 146 Å². The van der Waals surface area contributed by atoms with Gasteiger partial charge in [0.25, 0.3) is 0 Å². The number of hydrogen-bond acceptors (Lipinski definition) is 4. The first-order chi connectivity index (χ1) is 25.3. The van der Waals surface area contributed by atoms with Crippen molar-refractivity contribution in [3.05, 3.63) is 180 Å². The number of nitrogens with zero attached hydrogens (tertiary/aromatic N) is 2. The molecule has 0 atom stereocenters. The average Bonchev–Trinajstić information content (AvgIpc) is 3.92. The summed E-state index contributed by atoms with van der Waals surface area (Å²) in [6.45, 7) is 0. The molecule has 4 heterocycles. The van der Waals surface area contributed by atoms with Crippen molar-refractivity contribution in [1.82, 2.24) is 9.97 Å². The first-order valence-electron chi connectivity index (χ1n) is 17.3. The third kappa shape index (κ3) is 3.56. The van der Waals surface area contributed by atoms with Gasteiger partial charge in [-0.3, -0.25) is 9.97 Å². The van der Waals surface area contributed by atoms with Crippen LogP contribution in [0.15, 0.2) is 158 Å². The Morgan fingerprint density at radius 1 is 0.373 bits per heavy atom. The Kier molecular flexibility index (Phi) is 5.50. The number of hydrogen-bond donors (Lipinski definition) is 0. The number of pyridine rings is 2. The van der Waals surface area contributed by atoms with Gasteiger partial charge in [-0.15, -0.1) is 22.7 Å². The predicted molar refractivity (Wildman–Crippen MR) is 215 cm³/mol. The van der Waals surface area contributed by atoms with Crippen LogP contribution in [-0.4, -0.2) is 9.97 Å². The topological polar surface area (TPSA) is 25.8 Å². The number of rotatable bonds is 2. The lowest BCUT2D eigenvalue weighted by molar-refractivity contribution is 0.794. The first kappa shape index (κ1) is 27.8. The monoisotopic (exact) mass is 682 g/mol. The SMILES string of the molecule is c1ccc2c(c1)-c1ccccc1C21c2cc(-c3ccnc4c3sc3ccccc34)ccc2-c2ccc(-c3ccnc4c3sc3ccccc34)cc21. The van der Waals surface area contributed by atoms with Crippen molar-refractivity contribution in [2.45, 2.75) is 5.41 Å². The molecule has 0 aliphatic heterocycles. The van der Waals surface area contributed by atoms with Crippen LogP contribution in [-0.2, 0) is 5.41 Å². The van der Waals surface area contributed by atoms with Gasteiger partial charge < -0.3 is 0 Å². The molecule has 12 rings (SSSR count). The number of fused-ring (bicyclic) bond motifs is 16. The van der Waals surface area contributed by atoms with Crippen molar-refractivity contribution in [3.63, 3.8) is 0 Å². The van der Waals surface area contributed by atoms with Gasteiger partial charge in [0, 0.05) is 43.7 Å². The van der Waals surface area contributed by atoms with Gasteiger partial charge in [-0.25, -0.2) is 0 Å². The molecule has 0 fully saturated rings. The van der Waals surface area contributed by atoms with Crippen molar-refractivity contribution >= 4 is 63.3 Å². The quantitative estimate of drug-likeness (QED) is 0.181. The van der Waals surface area contributed by atoms with Crippen LogP contribution in [0, 0.1) is 0 Å². The van der Waals surface area contributed by atoms with Gasteiger partial charge in [0.1, 0.15) is 0 Å². The lowest BCUT2D eigenvalue weighted by Crippen LogP contribution is -2.26. The maximum absolute atomic E-state index is 4.87. The van der Waals surface area contributed by atoms with E-state index in [4.69, 9.17) is 9.97 Å². The highest BCUT2D eigenvalue weighted by molar-refractivity contribution is 7.26. The van der Waals surface area contributed by atoms with Crippen molar-refractivity contribution < 1.29 is 0 Å². The van der Waals surface area contributed by atoms with Gasteiger partial charge in [0.2, 0.25) is 0 Å². The summed E-state index contributed by atoms with van der Waals surface area (Å²) in [6, 6.07) is 54.2. The molecule has 2 aliphatic rings. The predicted octanol–water partition coefficient (Wildman–Crippen LogP) is 12.9. The largest absolute Gasteiger partial charge is 0.255 e. The summed E-state index contributed by atoms with van der Waals surface area (Å²) >= 11 is 3.68. The normalized spacial score (nSPS) is 13.6. The molecule has 0 bridgehead atoms. The zero-order valence-corrected chi connectivity index (χ0v) is 28.9. The molecule has 6 aromatic carbocycles. The van der Waals surface area contributed by atoms with E-state index in [9.17, 15) is 0 Å². The van der Waals surface area contributed by atoms with Crippen molar-refractivity contribution in [3.8, 4) is 44.5 Å². The summed E-state index contributed by atoms with van der Waals surface area (Å²) in [5.41, 5.74) is 17.2. The second-order valence-electron chi connectivity index (χ2n) is 13.6. The Morgan fingerprint density at radius 2 is 0.804 bits per heavy atom. The van der Waals surface area contributed by atoms with Crippen LogP contribution in [0.3, 0.4) is 0 Å². The van der Waals surface area contributed by atoms with Crippen LogP contribution in [0.25, 0.3) is 85.1 Å². The van der Waals surface area contributed by atoms with Gasteiger partial charge in [-0.2, -0.15) is 0 Å². The fourth-order valence-electron chi connectivity index (χ4n) is 9.14. The van der Waals surface area contributed by atoms with Crippen LogP contribution in [0.2, 0.25) is 0 Å². The van der Waals surface area contributed by atoms with Crippen LogP contribution >= 0.6 is 22.7 Å². The highest BCUT2D eigenvalue weighted by atomic mass is 32.1. The fraction of sp³-hybridized carbons (Fsp3) is 0.0213. The highest BCUT2D eigenvalue weighted by Gasteiger charge is 2.51. The van der Waals surface area contributed by atoms with Crippen LogP contribution in [0.4, 0.5) is 0 Å². The number of aromatic nitrogens is 2. The van der Waals surface area contributed by atoms with Gasteiger partial charge in [0.05, 0.1) is 25.8 Å². The molecule has 0 saturated carbocycles. The molecule has 0 radical (unpaired) electrons. The second kappa shape index (κ2) is 10.1. The molecule has 0 N–H and O–H groups in total. The average molecular weight is 683 g/mol. The molecule has 0 saturated heterocycles. The molecule has 0 amide bonds. The van der Waals surface area contributed by atoms with Gasteiger partial charge in [-0.05, 0) is 92.0 Å². The molecule has 51 heavy (non-hydrogen) atoms.